The third-order valence-electron chi connectivity index (χ3n) is 2.92. The van der Waals surface area contributed by atoms with Crippen LogP contribution in [-0.2, 0) is 4.74 Å². The van der Waals surface area contributed by atoms with Gasteiger partial charge in [-0.3, -0.25) is 0 Å². The summed E-state index contributed by atoms with van der Waals surface area (Å²) < 4.78 is 5.80. The van der Waals surface area contributed by atoms with Crippen molar-refractivity contribution >= 4 is 0 Å². The summed E-state index contributed by atoms with van der Waals surface area (Å²) in [5.74, 6) is 0. The SMILES string of the molecule is CCCNCC(=CC1CCC(C)O1)CC. The topological polar surface area (TPSA) is 21.3 Å². The predicted molar refractivity (Wildman–Crippen MR) is 65.1 cm³/mol. The Morgan fingerprint density at radius 3 is 2.73 bits per heavy atom. The Balaban J connectivity index is 2.32. The van der Waals surface area contributed by atoms with E-state index in [0.717, 1.165) is 19.5 Å². The normalized spacial score (nSPS) is 27.3. The molecular formula is C13H25NO. The average molecular weight is 211 g/mol. The molecular weight excluding hydrogens is 186 g/mol. The van der Waals surface area contributed by atoms with E-state index in [2.05, 4.69) is 32.2 Å². The number of hydrogen-bond acceptors (Lipinski definition) is 2. The van der Waals surface area contributed by atoms with Gasteiger partial charge in [0.1, 0.15) is 0 Å². The van der Waals surface area contributed by atoms with Gasteiger partial charge in [-0.25, -0.2) is 0 Å². The smallest absolute Gasteiger partial charge is 0.0763 e. The van der Waals surface area contributed by atoms with Gasteiger partial charge < -0.3 is 10.1 Å². The van der Waals surface area contributed by atoms with Crippen LogP contribution in [0.2, 0.25) is 0 Å². The van der Waals surface area contributed by atoms with E-state index in [0.29, 0.717) is 12.2 Å². The summed E-state index contributed by atoms with van der Waals surface area (Å²) in [7, 11) is 0. The summed E-state index contributed by atoms with van der Waals surface area (Å²) in [6, 6.07) is 0. The van der Waals surface area contributed by atoms with Crippen molar-refractivity contribution in [3.05, 3.63) is 11.6 Å². The molecule has 15 heavy (non-hydrogen) atoms. The first-order valence-corrected chi connectivity index (χ1v) is 6.32. The maximum absolute atomic E-state index is 5.80. The zero-order chi connectivity index (χ0) is 11.1. The Hall–Kier alpha value is -0.340. The first-order valence-electron chi connectivity index (χ1n) is 6.32. The van der Waals surface area contributed by atoms with Crippen LogP contribution in [0, 0.1) is 0 Å². The highest BCUT2D eigenvalue weighted by Crippen LogP contribution is 2.21. The predicted octanol–water partition coefficient (Wildman–Crippen LogP) is 2.89. The van der Waals surface area contributed by atoms with Crippen molar-refractivity contribution in [3.8, 4) is 0 Å². The molecule has 1 saturated heterocycles. The van der Waals surface area contributed by atoms with Crippen molar-refractivity contribution in [1.29, 1.82) is 0 Å². The lowest BCUT2D eigenvalue weighted by molar-refractivity contribution is 0.0827. The summed E-state index contributed by atoms with van der Waals surface area (Å²) in [5.41, 5.74) is 1.49. The molecule has 0 bridgehead atoms. The highest BCUT2D eigenvalue weighted by molar-refractivity contribution is 5.07. The average Bonchev–Trinajstić information content (AvgIpc) is 2.63. The summed E-state index contributed by atoms with van der Waals surface area (Å²) in [5, 5.41) is 3.45. The molecule has 0 aliphatic carbocycles. The third kappa shape index (κ3) is 4.80. The fourth-order valence-corrected chi connectivity index (χ4v) is 1.95. The van der Waals surface area contributed by atoms with Gasteiger partial charge in [-0.1, -0.05) is 25.5 Å². The third-order valence-corrected chi connectivity index (χ3v) is 2.92. The molecule has 1 aliphatic rings. The minimum absolute atomic E-state index is 0.373. The van der Waals surface area contributed by atoms with Crippen molar-refractivity contribution < 1.29 is 4.74 Å². The van der Waals surface area contributed by atoms with E-state index < -0.39 is 0 Å². The second-order valence-electron chi connectivity index (χ2n) is 4.42. The lowest BCUT2D eigenvalue weighted by Crippen LogP contribution is -2.18. The van der Waals surface area contributed by atoms with Crippen molar-refractivity contribution in [2.45, 2.75) is 58.7 Å². The van der Waals surface area contributed by atoms with Gasteiger partial charge in [-0.2, -0.15) is 0 Å². The zero-order valence-corrected chi connectivity index (χ0v) is 10.4. The fourth-order valence-electron chi connectivity index (χ4n) is 1.95. The van der Waals surface area contributed by atoms with Crippen LogP contribution in [-0.4, -0.2) is 25.3 Å². The largest absolute Gasteiger partial charge is 0.371 e. The van der Waals surface area contributed by atoms with Gasteiger partial charge >= 0.3 is 0 Å². The van der Waals surface area contributed by atoms with Gasteiger partial charge in [0.15, 0.2) is 0 Å². The van der Waals surface area contributed by atoms with Crippen molar-refractivity contribution in [3.63, 3.8) is 0 Å². The van der Waals surface area contributed by atoms with Crippen LogP contribution in [0.4, 0.5) is 0 Å². The van der Waals surface area contributed by atoms with Gasteiger partial charge in [-0.15, -0.1) is 0 Å². The highest BCUT2D eigenvalue weighted by Gasteiger charge is 2.19. The molecule has 2 unspecified atom stereocenters. The van der Waals surface area contributed by atoms with Gasteiger partial charge in [0.05, 0.1) is 12.2 Å². The Morgan fingerprint density at radius 1 is 1.40 bits per heavy atom. The number of rotatable bonds is 6. The van der Waals surface area contributed by atoms with E-state index in [1.165, 1.54) is 24.8 Å². The van der Waals surface area contributed by atoms with Crippen LogP contribution in [0.5, 0.6) is 0 Å². The molecule has 0 saturated carbocycles. The Labute approximate surface area is 94.1 Å². The summed E-state index contributed by atoms with van der Waals surface area (Å²) in [4.78, 5) is 0. The Kier molecular flexibility index (Phi) is 5.96. The zero-order valence-electron chi connectivity index (χ0n) is 10.4. The van der Waals surface area contributed by atoms with Crippen LogP contribution in [0.25, 0.3) is 0 Å². The molecule has 0 aromatic rings. The Bertz CT molecular complexity index is 201. The molecule has 0 spiro atoms. The quantitative estimate of drug-likeness (QED) is 0.539. The minimum Gasteiger partial charge on any atom is -0.371 e. The molecule has 1 heterocycles. The monoisotopic (exact) mass is 211 g/mol. The van der Waals surface area contributed by atoms with E-state index in [4.69, 9.17) is 4.74 Å². The lowest BCUT2D eigenvalue weighted by Gasteiger charge is -2.11. The second kappa shape index (κ2) is 7.02. The van der Waals surface area contributed by atoms with E-state index in [1.54, 1.807) is 0 Å². The Morgan fingerprint density at radius 2 is 2.20 bits per heavy atom. The fraction of sp³-hybridized carbons (Fsp3) is 0.846. The molecule has 1 fully saturated rings. The van der Waals surface area contributed by atoms with Gasteiger partial charge in [0, 0.05) is 6.54 Å². The van der Waals surface area contributed by atoms with Crippen LogP contribution < -0.4 is 5.32 Å². The van der Waals surface area contributed by atoms with E-state index in [1.807, 2.05) is 0 Å². The van der Waals surface area contributed by atoms with Crippen molar-refractivity contribution in [1.82, 2.24) is 5.32 Å². The molecule has 2 nitrogen and oxygen atoms in total. The molecule has 2 atom stereocenters. The highest BCUT2D eigenvalue weighted by atomic mass is 16.5. The molecule has 0 aromatic carbocycles. The van der Waals surface area contributed by atoms with Gasteiger partial charge in [0.25, 0.3) is 0 Å². The molecule has 2 heteroatoms. The first kappa shape index (κ1) is 12.7. The molecule has 0 amide bonds. The first-order chi connectivity index (χ1) is 7.26. The van der Waals surface area contributed by atoms with Crippen LogP contribution >= 0.6 is 0 Å². The number of ether oxygens (including phenoxy) is 1. The lowest BCUT2D eigenvalue weighted by atomic mass is 10.1. The van der Waals surface area contributed by atoms with Crippen LogP contribution in [0.1, 0.15) is 46.5 Å². The van der Waals surface area contributed by atoms with Gasteiger partial charge in [0.2, 0.25) is 0 Å². The summed E-state index contributed by atoms with van der Waals surface area (Å²) >= 11 is 0. The molecule has 88 valence electrons. The molecule has 0 radical (unpaired) electrons. The van der Waals surface area contributed by atoms with E-state index in [9.17, 15) is 0 Å². The summed E-state index contributed by atoms with van der Waals surface area (Å²) in [6.07, 6.45) is 7.88. The van der Waals surface area contributed by atoms with Crippen molar-refractivity contribution in [2.24, 2.45) is 0 Å². The molecule has 0 aromatic heterocycles. The maximum Gasteiger partial charge on any atom is 0.0763 e. The van der Waals surface area contributed by atoms with E-state index >= 15 is 0 Å². The van der Waals surface area contributed by atoms with Gasteiger partial charge in [-0.05, 0) is 39.2 Å². The maximum atomic E-state index is 5.80. The van der Waals surface area contributed by atoms with Crippen LogP contribution in [0.3, 0.4) is 0 Å². The minimum atomic E-state index is 0.373. The number of nitrogens with one attached hydrogen (secondary N) is 1. The van der Waals surface area contributed by atoms with Crippen LogP contribution in [0.15, 0.2) is 11.6 Å². The summed E-state index contributed by atoms with van der Waals surface area (Å²) in [6.45, 7) is 8.72. The second-order valence-corrected chi connectivity index (χ2v) is 4.42. The molecule has 1 N–H and O–H groups in total. The number of hydrogen-bond donors (Lipinski definition) is 1. The van der Waals surface area contributed by atoms with E-state index in [-0.39, 0.29) is 0 Å². The molecule has 1 aliphatic heterocycles. The standard InChI is InChI=1S/C13H25NO/c1-4-8-14-10-12(5-2)9-13-7-6-11(3)15-13/h9,11,13-14H,4-8,10H2,1-3H3. The van der Waals surface area contributed by atoms with Crippen molar-refractivity contribution in [2.75, 3.05) is 13.1 Å². The molecule has 1 rings (SSSR count).